The lowest BCUT2D eigenvalue weighted by Crippen LogP contribution is -2.07. The van der Waals surface area contributed by atoms with E-state index < -0.39 is 11.7 Å². The highest BCUT2D eigenvalue weighted by Gasteiger charge is 2.08. The molecule has 0 spiro atoms. The van der Waals surface area contributed by atoms with E-state index in [2.05, 4.69) is 24.7 Å². The van der Waals surface area contributed by atoms with Crippen LogP contribution >= 0.6 is 23.5 Å². The highest BCUT2D eigenvalue weighted by molar-refractivity contribution is 7.98. The van der Waals surface area contributed by atoms with Crippen LogP contribution in [0.25, 0.3) is 6.08 Å². The van der Waals surface area contributed by atoms with Crippen molar-refractivity contribution in [3.63, 3.8) is 0 Å². The minimum Gasteiger partial charge on any atom is -0.502 e. The number of aromatic nitrogens is 4. The van der Waals surface area contributed by atoms with Crippen LogP contribution in [0.4, 0.5) is 0 Å². The first kappa shape index (κ1) is 20.9. The predicted molar refractivity (Wildman–Crippen MR) is 99.6 cm³/mol. The van der Waals surface area contributed by atoms with E-state index in [1.54, 1.807) is 37.1 Å². The Morgan fingerprint density at radius 2 is 1.76 bits per heavy atom. The number of ether oxygens (including phenoxy) is 1. The molecule has 0 unspecified atom stereocenters. The Labute approximate surface area is 155 Å². The molecule has 0 fully saturated rings. The van der Waals surface area contributed by atoms with Gasteiger partial charge in [-0.15, -0.1) is 0 Å². The third-order valence-corrected chi connectivity index (χ3v) is 3.69. The van der Waals surface area contributed by atoms with Crippen LogP contribution in [-0.4, -0.2) is 50.1 Å². The molecule has 25 heavy (non-hydrogen) atoms. The molecule has 7 nitrogen and oxygen atoms in total. The van der Waals surface area contributed by atoms with Gasteiger partial charge in [0.25, 0.3) is 0 Å². The van der Waals surface area contributed by atoms with Gasteiger partial charge in [-0.3, -0.25) is 0 Å². The van der Waals surface area contributed by atoms with Crippen molar-refractivity contribution < 1.29 is 14.6 Å². The number of aryl methyl sites for hydroxylation is 1. The Morgan fingerprint density at radius 1 is 1.16 bits per heavy atom. The first-order valence-corrected chi connectivity index (χ1v) is 9.73. The highest BCUT2D eigenvalue weighted by atomic mass is 32.2. The van der Waals surface area contributed by atoms with Crippen molar-refractivity contribution in [1.29, 1.82) is 0 Å². The fourth-order valence-corrected chi connectivity index (χ4v) is 2.23. The van der Waals surface area contributed by atoms with Gasteiger partial charge in [0.05, 0.1) is 12.3 Å². The summed E-state index contributed by atoms with van der Waals surface area (Å²) in [5.74, 6) is -1.22. The molecule has 0 radical (unpaired) electrons. The fraction of sp³-hybridized carbons (Fsp3) is 0.312. The number of hydrogen-bond acceptors (Lipinski definition) is 9. The number of thioether (sulfide) groups is 2. The highest BCUT2D eigenvalue weighted by Crippen LogP contribution is 2.10. The minimum absolute atomic E-state index is 0.219. The SMILES string of the molecule is CCOC(=O)/C(O)=C/c1ccnc(SC)n1.CSc1nccc(C)n1. The third kappa shape index (κ3) is 7.99. The van der Waals surface area contributed by atoms with Crippen LogP contribution in [0.1, 0.15) is 18.3 Å². The molecule has 0 aliphatic heterocycles. The maximum Gasteiger partial charge on any atom is 0.373 e. The molecule has 2 heterocycles. The van der Waals surface area contributed by atoms with Gasteiger partial charge < -0.3 is 9.84 Å². The Bertz CT molecular complexity index is 726. The standard InChI is InChI=1S/C10H12N2O3S.C6H8N2S/c1-3-15-9(14)8(13)6-7-4-5-11-10(12-7)16-2;1-5-3-4-7-6(8-5)9-2/h4-6,13H,3H2,1-2H3;3-4H,1-2H3/b8-6-;. The average molecular weight is 380 g/mol. The van der Waals surface area contributed by atoms with Gasteiger partial charge in [0.2, 0.25) is 5.76 Å². The first-order valence-electron chi connectivity index (χ1n) is 7.28. The summed E-state index contributed by atoms with van der Waals surface area (Å²) < 4.78 is 4.63. The Balaban J connectivity index is 0.000000293. The van der Waals surface area contributed by atoms with Gasteiger partial charge in [0, 0.05) is 24.2 Å². The lowest BCUT2D eigenvalue weighted by molar-refractivity contribution is -0.141. The lowest BCUT2D eigenvalue weighted by Gasteiger charge is -2.00. The summed E-state index contributed by atoms with van der Waals surface area (Å²) in [5.41, 5.74) is 1.49. The number of carbonyl (C=O) groups excluding carboxylic acids is 1. The molecular weight excluding hydrogens is 360 g/mol. The zero-order chi connectivity index (χ0) is 18.7. The topological polar surface area (TPSA) is 98.1 Å². The second-order valence-corrected chi connectivity index (χ2v) is 5.95. The first-order chi connectivity index (χ1) is 12.0. The van der Waals surface area contributed by atoms with Crippen molar-refractivity contribution in [3.8, 4) is 0 Å². The molecule has 0 atom stereocenters. The number of rotatable bonds is 5. The average Bonchev–Trinajstić information content (AvgIpc) is 2.62. The molecular formula is C16H20N4O3S2. The van der Waals surface area contributed by atoms with Crippen molar-refractivity contribution in [2.75, 3.05) is 19.1 Å². The molecule has 0 amide bonds. The van der Waals surface area contributed by atoms with Crippen molar-refractivity contribution in [3.05, 3.63) is 41.7 Å². The zero-order valence-electron chi connectivity index (χ0n) is 14.5. The molecule has 134 valence electrons. The summed E-state index contributed by atoms with van der Waals surface area (Å²) in [4.78, 5) is 27.3. The maximum atomic E-state index is 11.1. The number of aliphatic hydroxyl groups excluding tert-OH is 1. The fourth-order valence-electron chi connectivity index (χ4n) is 1.46. The Kier molecular flexibility index (Phi) is 9.56. The van der Waals surface area contributed by atoms with E-state index in [9.17, 15) is 9.90 Å². The van der Waals surface area contributed by atoms with E-state index in [-0.39, 0.29) is 6.61 Å². The van der Waals surface area contributed by atoms with Gasteiger partial charge in [-0.2, -0.15) is 0 Å². The second-order valence-electron chi connectivity index (χ2n) is 4.40. The van der Waals surface area contributed by atoms with E-state index in [4.69, 9.17) is 0 Å². The van der Waals surface area contributed by atoms with Crippen LogP contribution in [0.5, 0.6) is 0 Å². The summed E-state index contributed by atoms with van der Waals surface area (Å²) in [6.07, 6.45) is 8.39. The van der Waals surface area contributed by atoms with Gasteiger partial charge in [-0.25, -0.2) is 24.7 Å². The molecule has 0 saturated heterocycles. The van der Waals surface area contributed by atoms with Crippen molar-refractivity contribution in [2.24, 2.45) is 0 Å². The minimum atomic E-state index is -0.758. The van der Waals surface area contributed by atoms with Crippen molar-refractivity contribution in [1.82, 2.24) is 19.9 Å². The summed E-state index contributed by atoms with van der Waals surface area (Å²) in [6.45, 7) is 3.85. The largest absolute Gasteiger partial charge is 0.502 e. The summed E-state index contributed by atoms with van der Waals surface area (Å²) >= 11 is 2.94. The van der Waals surface area contributed by atoms with E-state index >= 15 is 0 Å². The van der Waals surface area contributed by atoms with Crippen molar-refractivity contribution >= 4 is 35.6 Å². The number of hydrogen-bond donors (Lipinski definition) is 1. The van der Waals surface area contributed by atoms with Gasteiger partial charge >= 0.3 is 5.97 Å². The number of esters is 1. The van der Waals surface area contributed by atoms with Crippen LogP contribution in [0.2, 0.25) is 0 Å². The molecule has 2 aromatic rings. The van der Waals surface area contributed by atoms with Gasteiger partial charge in [-0.1, -0.05) is 23.5 Å². The Morgan fingerprint density at radius 3 is 2.28 bits per heavy atom. The number of carbonyl (C=O) groups is 1. The van der Waals surface area contributed by atoms with E-state index in [0.29, 0.717) is 10.9 Å². The normalized spacial score (nSPS) is 10.6. The van der Waals surface area contributed by atoms with Gasteiger partial charge in [0.1, 0.15) is 0 Å². The zero-order valence-corrected chi connectivity index (χ0v) is 16.1. The Hall–Kier alpha value is -2.13. The van der Waals surface area contributed by atoms with Crippen LogP contribution in [0, 0.1) is 6.92 Å². The third-order valence-electron chi connectivity index (χ3n) is 2.56. The number of nitrogens with zero attached hydrogens (tertiary/aromatic N) is 4. The summed E-state index contributed by atoms with van der Waals surface area (Å²) in [6, 6.07) is 3.48. The van der Waals surface area contributed by atoms with E-state index in [1.807, 2.05) is 25.5 Å². The van der Waals surface area contributed by atoms with Gasteiger partial charge in [0.15, 0.2) is 10.3 Å². The molecule has 2 aromatic heterocycles. The predicted octanol–water partition coefficient (Wildman–Crippen LogP) is 3.17. The molecule has 9 heteroatoms. The maximum absolute atomic E-state index is 11.1. The van der Waals surface area contributed by atoms with E-state index in [1.165, 1.54) is 17.8 Å². The molecule has 0 aliphatic carbocycles. The lowest BCUT2D eigenvalue weighted by atomic mass is 10.3. The summed E-state index contributed by atoms with van der Waals surface area (Å²) in [7, 11) is 0. The van der Waals surface area contributed by atoms with Crippen LogP contribution in [0.3, 0.4) is 0 Å². The second kappa shape index (κ2) is 11.4. The molecule has 1 N–H and O–H groups in total. The quantitative estimate of drug-likeness (QED) is 0.276. The molecule has 0 bridgehead atoms. The molecule has 0 aromatic carbocycles. The van der Waals surface area contributed by atoms with E-state index in [0.717, 1.165) is 10.9 Å². The smallest absolute Gasteiger partial charge is 0.373 e. The van der Waals surface area contributed by atoms with Gasteiger partial charge in [-0.05, 0) is 38.5 Å². The monoisotopic (exact) mass is 380 g/mol. The summed E-state index contributed by atoms with van der Waals surface area (Å²) in [5, 5.41) is 10.8. The van der Waals surface area contributed by atoms with Crippen LogP contribution in [-0.2, 0) is 9.53 Å². The molecule has 2 rings (SSSR count). The van der Waals surface area contributed by atoms with Crippen LogP contribution < -0.4 is 0 Å². The molecule has 0 saturated carbocycles. The molecule has 0 aliphatic rings. The number of aliphatic hydroxyl groups is 1. The van der Waals surface area contributed by atoms with Crippen LogP contribution in [0.15, 0.2) is 40.6 Å². The van der Waals surface area contributed by atoms with Crippen molar-refractivity contribution in [2.45, 2.75) is 24.2 Å².